The molecule has 1 saturated heterocycles. The summed E-state index contributed by atoms with van der Waals surface area (Å²) in [6.07, 6.45) is 6.56. The molecule has 0 saturated carbocycles. The SMILES string of the molecule is CNCC1CCCN1Cc1c[nH]c2ncccc12. The number of fused-ring (bicyclic) bond motifs is 1. The highest BCUT2D eigenvalue weighted by molar-refractivity contribution is 5.79. The summed E-state index contributed by atoms with van der Waals surface area (Å²) in [6.45, 7) is 3.32. The third kappa shape index (κ3) is 2.13. The molecule has 0 aliphatic carbocycles. The van der Waals surface area contributed by atoms with E-state index < -0.39 is 0 Å². The maximum atomic E-state index is 4.35. The summed E-state index contributed by atoms with van der Waals surface area (Å²) in [6, 6.07) is 4.84. The Hall–Kier alpha value is -1.39. The third-order valence-corrected chi connectivity index (χ3v) is 3.85. The van der Waals surface area contributed by atoms with Gasteiger partial charge in [-0.25, -0.2) is 4.98 Å². The van der Waals surface area contributed by atoms with E-state index in [0.29, 0.717) is 6.04 Å². The minimum atomic E-state index is 0.677. The summed E-state index contributed by atoms with van der Waals surface area (Å²) in [5.74, 6) is 0. The summed E-state index contributed by atoms with van der Waals surface area (Å²) in [4.78, 5) is 10.2. The first-order chi connectivity index (χ1) is 8.88. The van der Waals surface area contributed by atoms with Crippen molar-refractivity contribution in [1.29, 1.82) is 0 Å². The molecule has 1 fully saturated rings. The molecule has 3 heterocycles. The lowest BCUT2D eigenvalue weighted by atomic mass is 10.2. The Kier molecular flexibility index (Phi) is 3.30. The van der Waals surface area contributed by atoms with Crippen molar-refractivity contribution < 1.29 is 0 Å². The van der Waals surface area contributed by atoms with E-state index in [2.05, 4.69) is 32.4 Å². The van der Waals surface area contributed by atoms with Crippen LogP contribution < -0.4 is 5.32 Å². The van der Waals surface area contributed by atoms with Gasteiger partial charge in [-0.15, -0.1) is 0 Å². The number of nitrogens with one attached hydrogen (secondary N) is 2. The number of likely N-dealkylation sites (tertiary alicyclic amines) is 1. The first kappa shape index (κ1) is 11.7. The van der Waals surface area contributed by atoms with E-state index >= 15 is 0 Å². The van der Waals surface area contributed by atoms with Crippen LogP contribution in [0, 0.1) is 0 Å². The summed E-state index contributed by atoms with van der Waals surface area (Å²) in [7, 11) is 2.03. The second kappa shape index (κ2) is 5.08. The van der Waals surface area contributed by atoms with Crippen molar-refractivity contribution >= 4 is 11.0 Å². The van der Waals surface area contributed by atoms with Crippen LogP contribution in [0.2, 0.25) is 0 Å². The predicted molar refractivity (Wildman–Crippen MR) is 73.5 cm³/mol. The van der Waals surface area contributed by atoms with Crippen molar-refractivity contribution in [3.05, 3.63) is 30.1 Å². The van der Waals surface area contributed by atoms with Crippen molar-refractivity contribution in [3.8, 4) is 0 Å². The molecule has 0 aromatic carbocycles. The second-order valence-electron chi connectivity index (χ2n) is 5.04. The summed E-state index contributed by atoms with van der Waals surface area (Å²) >= 11 is 0. The predicted octanol–water partition coefficient (Wildman–Crippen LogP) is 1.75. The van der Waals surface area contributed by atoms with Crippen molar-refractivity contribution in [2.45, 2.75) is 25.4 Å². The minimum Gasteiger partial charge on any atom is -0.346 e. The van der Waals surface area contributed by atoms with Crippen LogP contribution in [0.5, 0.6) is 0 Å². The van der Waals surface area contributed by atoms with Gasteiger partial charge in [0.25, 0.3) is 0 Å². The molecule has 0 bridgehead atoms. The van der Waals surface area contributed by atoms with E-state index in [1.54, 1.807) is 0 Å². The maximum absolute atomic E-state index is 4.35. The zero-order valence-corrected chi connectivity index (χ0v) is 10.8. The second-order valence-corrected chi connectivity index (χ2v) is 5.04. The quantitative estimate of drug-likeness (QED) is 0.861. The number of hydrogen-bond acceptors (Lipinski definition) is 3. The van der Waals surface area contributed by atoms with Crippen LogP contribution in [-0.4, -0.2) is 41.0 Å². The Labute approximate surface area is 107 Å². The number of likely N-dealkylation sites (N-methyl/N-ethyl adjacent to an activating group) is 1. The van der Waals surface area contributed by atoms with E-state index in [9.17, 15) is 0 Å². The molecular weight excluding hydrogens is 224 g/mol. The Balaban J connectivity index is 1.79. The number of aromatic amines is 1. The first-order valence-electron chi connectivity index (χ1n) is 6.68. The molecule has 4 nitrogen and oxygen atoms in total. The summed E-state index contributed by atoms with van der Waals surface area (Å²) in [5, 5.41) is 4.55. The molecule has 4 heteroatoms. The van der Waals surface area contributed by atoms with Gasteiger partial charge in [0.2, 0.25) is 0 Å². The van der Waals surface area contributed by atoms with E-state index in [1.807, 2.05) is 19.3 Å². The average molecular weight is 244 g/mol. The molecule has 2 N–H and O–H groups in total. The van der Waals surface area contributed by atoms with Gasteiger partial charge >= 0.3 is 0 Å². The van der Waals surface area contributed by atoms with Crippen LogP contribution in [0.3, 0.4) is 0 Å². The Bertz CT molecular complexity index is 519. The zero-order valence-electron chi connectivity index (χ0n) is 10.8. The normalized spacial score (nSPS) is 20.8. The molecule has 18 heavy (non-hydrogen) atoms. The van der Waals surface area contributed by atoms with E-state index in [1.165, 1.54) is 30.3 Å². The van der Waals surface area contributed by atoms with Gasteiger partial charge in [0, 0.05) is 36.9 Å². The number of aromatic nitrogens is 2. The lowest BCUT2D eigenvalue weighted by molar-refractivity contribution is 0.243. The number of hydrogen-bond donors (Lipinski definition) is 2. The fourth-order valence-corrected chi connectivity index (χ4v) is 2.93. The Morgan fingerprint density at radius 2 is 2.50 bits per heavy atom. The van der Waals surface area contributed by atoms with Gasteiger partial charge in [-0.05, 0) is 44.1 Å². The fraction of sp³-hybridized carbons (Fsp3) is 0.500. The molecular formula is C14H20N4. The molecule has 96 valence electrons. The largest absolute Gasteiger partial charge is 0.346 e. The lowest BCUT2D eigenvalue weighted by Crippen LogP contribution is -2.36. The van der Waals surface area contributed by atoms with Crippen molar-refractivity contribution in [1.82, 2.24) is 20.2 Å². The van der Waals surface area contributed by atoms with Gasteiger partial charge in [-0.1, -0.05) is 0 Å². The van der Waals surface area contributed by atoms with Gasteiger partial charge in [0.05, 0.1) is 0 Å². The highest BCUT2D eigenvalue weighted by atomic mass is 15.2. The molecule has 0 amide bonds. The van der Waals surface area contributed by atoms with Crippen LogP contribution in [0.25, 0.3) is 11.0 Å². The van der Waals surface area contributed by atoms with E-state index in [-0.39, 0.29) is 0 Å². The topological polar surface area (TPSA) is 44.0 Å². The standard InChI is InChI=1S/C14H20N4/c1-15-9-12-4-3-7-18(12)10-11-8-17-14-13(11)5-2-6-16-14/h2,5-6,8,12,15H,3-4,7,9-10H2,1H3,(H,16,17). The zero-order chi connectivity index (χ0) is 12.4. The van der Waals surface area contributed by atoms with Crippen LogP contribution in [-0.2, 0) is 6.54 Å². The molecule has 1 unspecified atom stereocenters. The Morgan fingerprint density at radius 1 is 1.56 bits per heavy atom. The maximum Gasteiger partial charge on any atom is 0.137 e. The van der Waals surface area contributed by atoms with Gasteiger partial charge in [0.15, 0.2) is 0 Å². The lowest BCUT2D eigenvalue weighted by Gasteiger charge is -2.23. The van der Waals surface area contributed by atoms with Gasteiger partial charge in [0.1, 0.15) is 5.65 Å². The molecule has 0 radical (unpaired) electrons. The Morgan fingerprint density at radius 3 is 3.39 bits per heavy atom. The number of pyridine rings is 1. The van der Waals surface area contributed by atoms with Gasteiger partial charge in [-0.3, -0.25) is 4.90 Å². The molecule has 1 aliphatic rings. The van der Waals surface area contributed by atoms with Crippen molar-refractivity contribution in [3.63, 3.8) is 0 Å². The van der Waals surface area contributed by atoms with E-state index in [0.717, 1.165) is 18.7 Å². The highest BCUT2D eigenvalue weighted by Gasteiger charge is 2.24. The summed E-state index contributed by atoms with van der Waals surface area (Å²) < 4.78 is 0. The summed E-state index contributed by atoms with van der Waals surface area (Å²) in [5.41, 5.74) is 2.36. The first-order valence-corrected chi connectivity index (χ1v) is 6.68. The molecule has 0 spiro atoms. The number of rotatable bonds is 4. The number of H-pyrrole nitrogens is 1. The smallest absolute Gasteiger partial charge is 0.137 e. The molecule has 2 aromatic rings. The monoisotopic (exact) mass is 244 g/mol. The van der Waals surface area contributed by atoms with Crippen LogP contribution in [0.15, 0.2) is 24.5 Å². The van der Waals surface area contributed by atoms with E-state index in [4.69, 9.17) is 0 Å². The average Bonchev–Trinajstić information content (AvgIpc) is 2.99. The van der Waals surface area contributed by atoms with Crippen molar-refractivity contribution in [2.75, 3.05) is 20.1 Å². The van der Waals surface area contributed by atoms with Gasteiger partial charge < -0.3 is 10.3 Å². The third-order valence-electron chi connectivity index (χ3n) is 3.85. The van der Waals surface area contributed by atoms with Crippen LogP contribution >= 0.6 is 0 Å². The van der Waals surface area contributed by atoms with Crippen molar-refractivity contribution in [2.24, 2.45) is 0 Å². The molecule has 1 atom stereocenters. The van der Waals surface area contributed by atoms with Crippen LogP contribution in [0.4, 0.5) is 0 Å². The molecule has 1 aliphatic heterocycles. The molecule has 2 aromatic heterocycles. The number of nitrogens with zero attached hydrogens (tertiary/aromatic N) is 2. The fourth-order valence-electron chi connectivity index (χ4n) is 2.93. The van der Waals surface area contributed by atoms with Gasteiger partial charge in [-0.2, -0.15) is 0 Å². The molecule has 3 rings (SSSR count). The van der Waals surface area contributed by atoms with Crippen LogP contribution in [0.1, 0.15) is 18.4 Å². The minimum absolute atomic E-state index is 0.677. The highest BCUT2D eigenvalue weighted by Crippen LogP contribution is 2.23.